The van der Waals surface area contributed by atoms with Gasteiger partial charge in [-0.15, -0.1) is 0 Å². The van der Waals surface area contributed by atoms with Crippen molar-refractivity contribution in [2.75, 3.05) is 5.33 Å². The molecule has 0 aliphatic carbocycles. The van der Waals surface area contributed by atoms with Crippen LogP contribution in [0, 0.1) is 5.92 Å². The van der Waals surface area contributed by atoms with Gasteiger partial charge in [0.2, 0.25) is 0 Å². The fraction of sp³-hybridized carbons (Fsp3) is 1.00. The number of alkyl halides is 1. The molecular weight excluding hydrogens is 160 g/mol. The zero-order chi connectivity index (χ0) is 5.86. The van der Waals surface area contributed by atoms with Crippen molar-refractivity contribution in [1.82, 2.24) is 0 Å². The van der Waals surface area contributed by atoms with E-state index in [4.69, 9.17) is 10.2 Å². The predicted octanol–water partition coefficient (Wildman–Crippen LogP) is 0.328. The Balaban J connectivity index is 3.14. The normalized spacial score (nSPS) is 15.0. The van der Waals surface area contributed by atoms with Gasteiger partial charge in [-0.1, -0.05) is 22.9 Å². The second-order valence-electron chi connectivity index (χ2n) is 1.55. The van der Waals surface area contributed by atoms with Gasteiger partial charge in [-0.05, 0) is 0 Å². The maximum Gasteiger partial charge on any atom is 0.154 e. The number of hydrogen-bond acceptors (Lipinski definition) is 2. The summed E-state index contributed by atoms with van der Waals surface area (Å²) in [5, 5.41) is 17.3. The topological polar surface area (TPSA) is 40.5 Å². The molecule has 0 aromatic rings. The average Bonchev–Trinajstić information content (AvgIpc) is 1.65. The van der Waals surface area contributed by atoms with Gasteiger partial charge in [0.25, 0.3) is 0 Å². The maximum atomic E-state index is 8.35. The quantitative estimate of drug-likeness (QED) is 0.461. The molecule has 0 radical (unpaired) electrons. The fourth-order valence-corrected chi connectivity index (χ4v) is 0.414. The average molecular weight is 169 g/mol. The highest BCUT2D eigenvalue weighted by molar-refractivity contribution is 9.09. The molecule has 3 heteroatoms. The van der Waals surface area contributed by atoms with Crippen molar-refractivity contribution in [3.05, 3.63) is 0 Å². The Morgan fingerprint density at radius 1 is 1.57 bits per heavy atom. The minimum Gasteiger partial charge on any atom is -0.368 e. The predicted molar refractivity (Wildman–Crippen MR) is 31.2 cm³/mol. The van der Waals surface area contributed by atoms with Crippen molar-refractivity contribution >= 4 is 15.9 Å². The molecule has 0 aliphatic rings. The zero-order valence-electron chi connectivity index (χ0n) is 4.13. The monoisotopic (exact) mass is 168 g/mol. The Morgan fingerprint density at radius 2 is 2.00 bits per heavy atom. The van der Waals surface area contributed by atoms with Crippen LogP contribution in [0.2, 0.25) is 0 Å². The molecule has 2 N–H and O–H groups in total. The number of rotatable bonds is 2. The van der Waals surface area contributed by atoms with E-state index in [0.29, 0.717) is 5.33 Å². The van der Waals surface area contributed by atoms with Gasteiger partial charge in [-0.3, -0.25) is 0 Å². The van der Waals surface area contributed by atoms with Crippen LogP contribution in [0.3, 0.4) is 0 Å². The molecule has 0 amide bonds. The van der Waals surface area contributed by atoms with E-state index < -0.39 is 6.29 Å². The number of hydrogen-bond donors (Lipinski definition) is 2. The Labute approximate surface area is 51.3 Å². The van der Waals surface area contributed by atoms with Crippen LogP contribution in [0.5, 0.6) is 0 Å². The van der Waals surface area contributed by atoms with Gasteiger partial charge >= 0.3 is 0 Å². The summed E-state index contributed by atoms with van der Waals surface area (Å²) in [5.41, 5.74) is 0. The molecule has 0 aliphatic heterocycles. The van der Waals surface area contributed by atoms with Crippen LogP contribution in [0.25, 0.3) is 0 Å². The van der Waals surface area contributed by atoms with E-state index in [-0.39, 0.29) is 5.92 Å². The first-order valence-electron chi connectivity index (χ1n) is 2.10. The van der Waals surface area contributed by atoms with Crippen LogP contribution < -0.4 is 0 Å². The Hall–Kier alpha value is 0.400. The standard InChI is InChI=1S/C4H9BrO2/c1-3(2-5)4(6)7/h3-4,6-7H,2H2,1H3/t3-/m1/s1. The molecule has 0 spiro atoms. The highest BCUT2D eigenvalue weighted by Gasteiger charge is 2.06. The third-order valence-electron chi connectivity index (χ3n) is 0.752. The van der Waals surface area contributed by atoms with Gasteiger partial charge in [-0.2, -0.15) is 0 Å². The van der Waals surface area contributed by atoms with E-state index in [0.717, 1.165) is 0 Å². The van der Waals surface area contributed by atoms with Crippen LogP contribution in [0.1, 0.15) is 6.92 Å². The zero-order valence-corrected chi connectivity index (χ0v) is 5.72. The van der Waals surface area contributed by atoms with Crippen molar-refractivity contribution in [2.24, 2.45) is 5.92 Å². The first kappa shape index (κ1) is 7.40. The summed E-state index contributed by atoms with van der Waals surface area (Å²) in [4.78, 5) is 0. The van der Waals surface area contributed by atoms with Crippen LogP contribution >= 0.6 is 15.9 Å². The van der Waals surface area contributed by atoms with Gasteiger partial charge < -0.3 is 10.2 Å². The molecule has 0 rings (SSSR count). The smallest absolute Gasteiger partial charge is 0.154 e. The highest BCUT2D eigenvalue weighted by atomic mass is 79.9. The largest absolute Gasteiger partial charge is 0.368 e. The van der Waals surface area contributed by atoms with E-state index in [1.54, 1.807) is 6.92 Å². The summed E-state index contributed by atoms with van der Waals surface area (Å²) >= 11 is 3.10. The molecule has 2 nitrogen and oxygen atoms in total. The third kappa shape index (κ3) is 3.02. The molecule has 0 aromatic carbocycles. The molecule has 44 valence electrons. The lowest BCUT2D eigenvalue weighted by atomic mass is 10.2. The SMILES string of the molecule is C[C@H](CBr)C(O)O. The molecule has 0 heterocycles. The van der Waals surface area contributed by atoms with Crippen LogP contribution in [0.4, 0.5) is 0 Å². The van der Waals surface area contributed by atoms with Crippen molar-refractivity contribution in [3.63, 3.8) is 0 Å². The highest BCUT2D eigenvalue weighted by Crippen LogP contribution is 2.02. The molecule has 0 saturated carbocycles. The minimum atomic E-state index is -1.18. The molecule has 7 heavy (non-hydrogen) atoms. The summed E-state index contributed by atoms with van der Waals surface area (Å²) in [6.45, 7) is 1.75. The van der Waals surface area contributed by atoms with Crippen molar-refractivity contribution in [1.29, 1.82) is 0 Å². The van der Waals surface area contributed by atoms with Crippen molar-refractivity contribution in [3.8, 4) is 0 Å². The maximum absolute atomic E-state index is 8.35. The van der Waals surface area contributed by atoms with Crippen LogP contribution in [-0.2, 0) is 0 Å². The fourth-order valence-electron chi connectivity index (χ4n) is 0.0797. The Morgan fingerprint density at radius 3 is 2.00 bits per heavy atom. The summed E-state index contributed by atoms with van der Waals surface area (Å²) in [6.07, 6.45) is -1.18. The van der Waals surface area contributed by atoms with Crippen molar-refractivity contribution < 1.29 is 10.2 Å². The lowest BCUT2D eigenvalue weighted by Gasteiger charge is -2.07. The van der Waals surface area contributed by atoms with E-state index in [1.807, 2.05) is 0 Å². The van der Waals surface area contributed by atoms with E-state index in [1.165, 1.54) is 0 Å². The van der Waals surface area contributed by atoms with Crippen LogP contribution in [-0.4, -0.2) is 21.8 Å². The summed E-state index contributed by atoms with van der Waals surface area (Å²) in [6, 6.07) is 0. The summed E-state index contributed by atoms with van der Waals surface area (Å²) < 4.78 is 0. The van der Waals surface area contributed by atoms with E-state index >= 15 is 0 Å². The van der Waals surface area contributed by atoms with Gasteiger partial charge in [0.05, 0.1) is 0 Å². The first-order chi connectivity index (χ1) is 3.18. The first-order valence-corrected chi connectivity index (χ1v) is 3.22. The lowest BCUT2D eigenvalue weighted by Crippen LogP contribution is -2.16. The third-order valence-corrected chi connectivity index (χ3v) is 1.77. The molecule has 0 saturated heterocycles. The van der Waals surface area contributed by atoms with Gasteiger partial charge in [-0.25, -0.2) is 0 Å². The lowest BCUT2D eigenvalue weighted by molar-refractivity contribution is -0.0714. The second kappa shape index (κ2) is 3.41. The Bertz CT molecular complexity index is 47.0. The summed E-state index contributed by atoms with van der Waals surface area (Å²) in [7, 11) is 0. The molecule has 0 aromatic heterocycles. The molecule has 0 fully saturated rings. The van der Waals surface area contributed by atoms with Gasteiger partial charge in [0.1, 0.15) is 0 Å². The summed E-state index contributed by atoms with van der Waals surface area (Å²) in [5.74, 6) is -0.0694. The van der Waals surface area contributed by atoms with Crippen LogP contribution in [0.15, 0.2) is 0 Å². The molecule has 1 atom stereocenters. The van der Waals surface area contributed by atoms with E-state index in [9.17, 15) is 0 Å². The number of aliphatic hydroxyl groups excluding tert-OH is 1. The van der Waals surface area contributed by atoms with Crippen molar-refractivity contribution in [2.45, 2.75) is 13.2 Å². The number of halogens is 1. The van der Waals surface area contributed by atoms with Gasteiger partial charge in [0.15, 0.2) is 6.29 Å². The molecule has 0 bridgehead atoms. The minimum absolute atomic E-state index is 0.0694. The van der Waals surface area contributed by atoms with E-state index in [2.05, 4.69) is 15.9 Å². The second-order valence-corrected chi connectivity index (χ2v) is 2.19. The Kier molecular flexibility index (Phi) is 3.60. The number of aliphatic hydroxyl groups is 2. The van der Waals surface area contributed by atoms with Gasteiger partial charge in [0, 0.05) is 11.2 Å². The molecule has 0 unspecified atom stereocenters. The molecular formula is C4H9BrO2.